The second-order valence-electron chi connectivity index (χ2n) is 4.34. The highest BCUT2D eigenvalue weighted by Crippen LogP contribution is 2.14. The first-order chi connectivity index (χ1) is 10.3. The molecule has 0 rings (SSSR count). The molecular formula is C16H28O5S. The van der Waals surface area contributed by atoms with Crippen molar-refractivity contribution in [2.24, 2.45) is 5.92 Å². The van der Waals surface area contributed by atoms with Gasteiger partial charge in [-0.3, -0.25) is 9.59 Å². The molecule has 0 spiro atoms. The fraction of sp³-hybridized carbons (Fsp3) is 0.688. The van der Waals surface area contributed by atoms with Crippen LogP contribution < -0.4 is 0 Å². The lowest BCUT2D eigenvalue weighted by Crippen LogP contribution is -2.19. The van der Waals surface area contributed by atoms with Crippen LogP contribution in [-0.2, 0) is 23.9 Å². The Morgan fingerprint density at radius 1 is 1.05 bits per heavy atom. The molecule has 0 aromatic rings. The van der Waals surface area contributed by atoms with Crippen molar-refractivity contribution in [3.8, 4) is 0 Å². The summed E-state index contributed by atoms with van der Waals surface area (Å²) in [5, 5.41) is 0.0442. The van der Waals surface area contributed by atoms with Gasteiger partial charge in [0.05, 0.1) is 19.1 Å². The third-order valence-electron chi connectivity index (χ3n) is 2.59. The Labute approximate surface area is 137 Å². The van der Waals surface area contributed by atoms with Crippen LogP contribution in [0.1, 0.15) is 47.5 Å². The summed E-state index contributed by atoms with van der Waals surface area (Å²) in [6.07, 6.45) is 1.39. The number of rotatable bonds is 8. The van der Waals surface area contributed by atoms with Crippen LogP contribution in [0.15, 0.2) is 12.2 Å². The van der Waals surface area contributed by atoms with Crippen molar-refractivity contribution in [3.05, 3.63) is 12.2 Å². The minimum Gasteiger partial charge on any atom is -0.466 e. The molecule has 5 nitrogen and oxygen atoms in total. The summed E-state index contributed by atoms with van der Waals surface area (Å²) in [5.41, 5.74) is 0.539. The van der Waals surface area contributed by atoms with E-state index in [-0.39, 0.29) is 23.0 Å². The molecule has 1 unspecified atom stereocenters. The molecule has 0 bridgehead atoms. The molecule has 0 amide bonds. The van der Waals surface area contributed by atoms with Gasteiger partial charge >= 0.3 is 11.9 Å². The molecule has 0 aliphatic rings. The highest BCUT2D eigenvalue weighted by molar-refractivity contribution is 8.13. The van der Waals surface area contributed by atoms with Crippen molar-refractivity contribution < 1.29 is 23.9 Å². The van der Waals surface area contributed by atoms with Gasteiger partial charge in [-0.1, -0.05) is 32.2 Å². The van der Waals surface area contributed by atoms with E-state index in [1.54, 1.807) is 13.8 Å². The van der Waals surface area contributed by atoms with E-state index in [2.05, 4.69) is 11.3 Å². The largest absolute Gasteiger partial charge is 0.466 e. The Kier molecular flexibility index (Phi) is 15.3. The summed E-state index contributed by atoms with van der Waals surface area (Å²) < 4.78 is 9.52. The standard InChI is InChI=1S/C9H16O3S.C7H12O2/c1-4-8(6-13-7(3)10)9(11)12-5-2;1-4-6(3)7(8)9-5-2/h8H,4-6H2,1-3H3;3-5H2,1-2H3. The number of esters is 2. The van der Waals surface area contributed by atoms with Crippen molar-refractivity contribution >= 4 is 28.8 Å². The van der Waals surface area contributed by atoms with Crippen LogP contribution in [0, 0.1) is 5.92 Å². The lowest BCUT2D eigenvalue weighted by Gasteiger charge is -2.11. The first-order valence-corrected chi connectivity index (χ1v) is 8.47. The fourth-order valence-electron chi connectivity index (χ4n) is 1.21. The summed E-state index contributed by atoms with van der Waals surface area (Å²) >= 11 is 1.18. The predicted molar refractivity (Wildman–Crippen MR) is 89.6 cm³/mol. The molecule has 0 fully saturated rings. The fourth-order valence-corrected chi connectivity index (χ4v) is 2.02. The molecule has 0 heterocycles. The third kappa shape index (κ3) is 12.4. The van der Waals surface area contributed by atoms with Gasteiger partial charge in [0.1, 0.15) is 0 Å². The molecule has 0 aromatic heterocycles. The predicted octanol–water partition coefficient (Wildman–Crippen LogP) is 3.37. The first-order valence-electron chi connectivity index (χ1n) is 7.48. The molecule has 0 aliphatic heterocycles. The average Bonchev–Trinajstić information content (AvgIpc) is 2.48. The van der Waals surface area contributed by atoms with Crippen molar-refractivity contribution in [1.82, 2.24) is 0 Å². The van der Waals surface area contributed by atoms with Gasteiger partial charge in [0, 0.05) is 18.2 Å². The maximum atomic E-state index is 11.2. The summed E-state index contributed by atoms with van der Waals surface area (Å²) in [6.45, 7) is 13.2. The molecular weight excluding hydrogens is 304 g/mol. The topological polar surface area (TPSA) is 69.7 Å². The van der Waals surface area contributed by atoms with Gasteiger partial charge in [0.15, 0.2) is 5.12 Å². The molecule has 1 atom stereocenters. The van der Waals surface area contributed by atoms with Gasteiger partial charge in [-0.2, -0.15) is 0 Å². The maximum absolute atomic E-state index is 11.2. The summed E-state index contributed by atoms with van der Waals surface area (Å²) in [6, 6.07) is 0. The summed E-state index contributed by atoms with van der Waals surface area (Å²) in [4.78, 5) is 32.5. The van der Waals surface area contributed by atoms with Gasteiger partial charge in [-0.25, -0.2) is 4.79 Å². The lowest BCUT2D eigenvalue weighted by atomic mass is 10.1. The monoisotopic (exact) mass is 332 g/mol. The van der Waals surface area contributed by atoms with Gasteiger partial charge < -0.3 is 9.47 Å². The smallest absolute Gasteiger partial charge is 0.333 e. The number of ether oxygens (including phenoxy) is 2. The van der Waals surface area contributed by atoms with E-state index in [1.807, 2.05) is 13.8 Å². The third-order valence-corrected chi connectivity index (χ3v) is 3.57. The van der Waals surface area contributed by atoms with Gasteiger partial charge in [-0.05, 0) is 26.7 Å². The van der Waals surface area contributed by atoms with Crippen LogP contribution in [0.3, 0.4) is 0 Å². The van der Waals surface area contributed by atoms with Gasteiger partial charge in [0.25, 0.3) is 0 Å². The van der Waals surface area contributed by atoms with Gasteiger partial charge in [-0.15, -0.1) is 0 Å². The average molecular weight is 332 g/mol. The molecule has 0 saturated carbocycles. The van der Waals surface area contributed by atoms with Crippen LogP contribution in [-0.4, -0.2) is 36.0 Å². The van der Waals surface area contributed by atoms with Crippen LogP contribution in [0.4, 0.5) is 0 Å². The number of hydrogen-bond donors (Lipinski definition) is 0. The minimum absolute atomic E-state index is 0.0442. The second kappa shape index (κ2) is 14.6. The summed E-state index contributed by atoms with van der Waals surface area (Å²) in [7, 11) is 0. The lowest BCUT2D eigenvalue weighted by molar-refractivity contribution is -0.147. The zero-order valence-electron chi connectivity index (χ0n) is 14.3. The molecule has 22 heavy (non-hydrogen) atoms. The molecule has 6 heteroatoms. The Morgan fingerprint density at radius 3 is 1.95 bits per heavy atom. The number of thioether (sulfide) groups is 1. The van der Waals surface area contributed by atoms with Crippen molar-refractivity contribution in [2.75, 3.05) is 19.0 Å². The van der Waals surface area contributed by atoms with Crippen LogP contribution >= 0.6 is 11.8 Å². The Bertz CT molecular complexity index is 366. The normalized spacial score (nSPS) is 10.8. The molecule has 0 saturated heterocycles. The Balaban J connectivity index is 0. The van der Waals surface area contributed by atoms with E-state index in [9.17, 15) is 14.4 Å². The Hall–Kier alpha value is -1.30. The van der Waals surface area contributed by atoms with Crippen LogP contribution in [0.2, 0.25) is 0 Å². The zero-order valence-corrected chi connectivity index (χ0v) is 15.1. The van der Waals surface area contributed by atoms with Crippen LogP contribution in [0.25, 0.3) is 0 Å². The molecule has 0 N–H and O–H groups in total. The van der Waals surface area contributed by atoms with E-state index in [0.29, 0.717) is 31.0 Å². The van der Waals surface area contributed by atoms with Crippen molar-refractivity contribution in [2.45, 2.75) is 47.5 Å². The zero-order chi connectivity index (χ0) is 17.5. The van der Waals surface area contributed by atoms with E-state index < -0.39 is 0 Å². The number of carbonyl (C=O) groups excluding carboxylic acids is 3. The number of hydrogen-bond acceptors (Lipinski definition) is 6. The Morgan fingerprint density at radius 2 is 1.59 bits per heavy atom. The molecule has 0 aliphatic carbocycles. The van der Waals surface area contributed by atoms with E-state index >= 15 is 0 Å². The number of carbonyl (C=O) groups is 3. The van der Waals surface area contributed by atoms with E-state index in [0.717, 1.165) is 6.42 Å². The quantitative estimate of drug-likeness (QED) is 0.501. The van der Waals surface area contributed by atoms with E-state index in [1.165, 1.54) is 18.7 Å². The highest BCUT2D eigenvalue weighted by atomic mass is 32.2. The van der Waals surface area contributed by atoms with Crippen LogP contribution in [0.5, 0.6) is 0 Å². The maximum Gasteiger partial charge on any atom is 0.333 e. The van der Waals surface area contributed by atoms with Crippen molar-refractivity contribution in [3.63, 3.8) is 0 Å². The first kappa shape index (κ1) is 23.0. The van der Waals surface area contributed by atoms with Gasteiger partial charge in [0.2, 0.25) is 0 Å². The minimum atomic E-state index is -0.278. The molecule has 0 radical (unpaired) electrons. The molecule has 128 valence electrons. The van der Waals surface area contributed by atoms with Crippen molar-refractivity contribution in [1.29, 1.82) is 0 Å². The van der Waals surface area contributed by atoms with E-state index in [4.69, 9.17) is 4.74 Å². The second-order valence-corrected chi connectivity index (χ2v) is 5.53. The highest BCUT2D eigenvalue weighted by Gasteiger charge is 2.18. The summed E-state index contributed by atoms with van der Waals surface area (Å²) in [5.74, 6) is -0.0856. The SMILES string of the molecule is C=C(CC)C(=O)OCC.CCOC(=O)C(CC)CSC(C)=O. The molecule has 0 aromatic carbocycles.